The topological polar surface area (TPSA) is 75.6 Å². The molecule has 1 amide bonds. The van der Waals surface area contributed by atoms with Gasteiger partial charge in [-0.05, 0) is 27.7 Å². The Balaban J connectivity index is 4.57. The molecule has 0 aromatic heterocycles. The molecule has 0 aliphatic heterocycles. The molecule has 0 rings (SSSR count). The number of aliphatic hydroxyl groups excluding tert-OH is 1. The van der Waals surface area contributed by atoms with Crippen LogP contribution in [0.3, 0.4) is 0 Å². The zero-order valence-electron chi connectivity index (χ0n) is 10.2. The fourth-order valence-electron chi connectivity index (χ4n) is 1.000. The van der Waals surface area contributed by atoms with E-state index in [0.29, 0.717) is 0 Å². The highest BCUT2D eigenvalue weighted by atomic mass is 19.3. The number of halogens is 2. The van der Waals surface area contributed by atoms with Gasteiger partial charge in [0.2, 0.25) is 5.78 Å². The minimum atomic E-state index is -3.26. The Hall–Kier alpha value is -1.24. The zero-order valence-corrected chi connectivity index (χ0v) is 10.2. The summed E-state index contributed by atoms with van der Waals surface area (Å²) in [7, 11) is 0. The van der Waals surface area contributed by atoms with Crippen molar-refractivity contribution in [3.8, 4) is 0 Å². The van der Waals surface area contributed by atoms with Gasteiger partial charge in [0, 0.05) is 0 Å². The van der Waals surface area contributed by atoms with Gasteiger partial charge >= 0.3 is 6.09 Å². The molecule has 0 saturated carbocycles. The fourth-order valence-corrected chi connectivity index (χ4v) is 1.000. The summed E-state index contributed by atoms with van der Waals surface area (Å²) in [5.74, 6) is -1.55. The Kier molecular flexibility index (Phi) is 5.47. The largest absolute Gasteiger partial charge is 0.444 e. The lowest BCUT2D eigenvalue weighted by atomic mass is 10.1. The Morgan fingerprint density at radius 1 is 1.29 bits per heavy atom. The third kappa shape index (κ3) is 6.15. The lowest BCUT2D eigenvalue weighted by Crippen LogP contribution is -2.51. The number of ketones is 1. The van der Waals surface area contributed by atoms with Crippen LogP contribution in [0.15, 0.2) is 0 Å². The molecule has 0 spiro atoms. The van der Waals surface area contributed by atoms with Crippen molar-refractivity contribution < 1.29 is 28.2 Å². The second-order valence-corrected chi connectivity index (χ2v) is 4.57. The van der Waals surface area contributed by atoms with Crippen LogP contribution in [-0.4, -0.2) is 41.2 Å². The molecule has 5 nitrogen and oxygen atoms in total. The third-order valence-electron chi connectivity index (χ3n) is 1.68. The molecule has 0 heterocycles. The molecule has 0 aliphatic rings. The van der Waals surface area contributed by atoms with Crippen LogP contribution in [0.2, 0.25) is 0 Å². The molecular formula is C10H17F2NO4. The van der Waals surface area contributed by atoms with Crippen molar-refractivity contribution in [1.82, 2.24) is 5.32 Å². The van der Waals surface area contributed by atoms with Gasteiger partial charge in [0.25, 0.3) is 6.43 Å². The number of hydrogen-bond donors (Lipinski definition) is 2. The van der Waals surface area contributed by atoms with Crippen LogP contribution in [0.4, 0.5) is 13.6 Å². The van der Waals surface area contributed by atoms with Crippen molar-refractivity contribution in [2.24, 2.45) is 0 Å². The molecule has 0 saturated heterocycles. The Labute approximate surface area is 98.1 Å². The maximum absolute atomic E-state index is 12.2. The van der Waals surface area contributed by atoms with Gasteiger partial charge in [-0.25, -0.2) is 13.6 Å². The van der Waals surface area contributed by atoms with Gasteiger partial charge in [0.1, 0.15) is 11.6 Å². The molecule has 17 heavy (non-hydrogen) atoms. The van der Waals surface area contributed by atoms with Crippen LogP contribution in [0.5, 0.6) is 0 Å². The third-order valence-corrected chi connectivity index (χ3v) is 1.68. The molecule has 0 aliphatic carbocycles. The van der Waals surface area contributed by atoms with E-state index in [1.807, 2.05) is 5.32 Å². The van der Waals surface area contributed by atoms with E-state index < -0.39 is 36.0 Å². The number of aliphatic hydroxyl groups is 1. The van der Waals surface area contributed by atoms with Gasteiger partial charge < -0.3 is 15.2 Å². The van der Waals surface area contributed by atoms with E-state index >= 15 is 0 Å². The molecule has 0 radical (unpaired) electrons. The first kappa shape index (κ1) is 15.8. The number of Topliss-reactive ketones (excluding diaryl/α,β-unsaturated/α-hetero) is 1. The van der Waals surface area contributed by atoms with Crippen LogP contribution >= 0.6 is 0 Å². The quantitative estimate of drug-likeness (QED) is 0.786. The lowest BCUT2D eigenvalue weighted by Gasteiger charge is -2.24. The number of hydrogen-bond acceptors (Lipinski definition) is 4. The van der Waals surface area contributed by atoms with Crippen LogP contribution in [0.25, 0.3) is 0 Å². The van der Waals surface area contributed by atoms with Crippen LogP contribution in [0, 0.1) is 0 Å². The average Bonchev–Trinajstić information content (AvgIpc) is 2.09. The van der Waals surface area contributed by atoms with Crippen molar-refractivity contribution in [3.05, 3.63) is 0 Å². The maximum atomic E-state index is 12.2. The summed E-state index contributed by atoms with van der Waals surface area (Å²) in [6, 6.07) is -1.68. The van der Waals surface area contributed by atoms with Crippen LogP contribution < -0.4 is 5.32 Å². The van der Waals surface area contributed by atoms with Crippen LogP contribution in [0.1, 0.15) is 27.7 Å². The SMILES string of the molecule is CC(O)C(NC(=O)OC(C)(C)C)C(=O)C(F)F. The summed E-state index contributed by atoms with van der Waals surface area (Å²) in [5.41, 5.74) is -0.818. The van der Waals surface area contributed by atoms with Gasteiger partial charge in [-0.15, -0.1) is 0 Å². The number of carbonyl (C=O) groups is 2. The second kappa shape index (κ2) is 5.90. The highest BCUT2D eigenvalue weighted by molar-refractivity contribution is 5.90. The normalized spacial score (nSPS) is 15.3. The first-order chi connectivity index (χ1) is 7.54. The van der Waals surface area contributed by atoms with E-state index in [1.165, 1.54) is 0 Å². The van der Waals surface area contributed by atoms with Crippen molar-refractivity contribution in [3.63, 3.8) is 0 Å². The molecule has 2 unspecified atom stereocenters. The van der Waals surface area contributed by atoms with E-state index in [2.05, 4.69) is 0 Å². The fraction of sp³-hybridized carbons (Fsp3) is 0.800. The van der Waals surface area contributed by atoms with Crippen LogP contribution in [-0.2, 0) is 9.53 Å². The molecule has 0 aromatic carbocycles. The predicted octanol–water partition coefficient (Wildman–Crippen LogP) is 1.09. The number of alkyl carbamates (subject to hydrolysis) is 1. The molecular weight excluding hydrogens is 236 g/mol. The first-order valence-electron chi connectivity index (χ1n) is 5.04. The number of rotatable bonds is 4. The standard InChI is InChI=1S/C10H17F2NO4/c1-5(14)6(7(15)8(11)12)13-9(16)17-10(2,3)4/h5-6,8,14H,1-4H3,(H,13,16). The maximum Gasteiger partial charge on any atom is 0.408 e. The molecule has 100 valence electrons. The van der Waals surface area contributed by atoms with Gasteiger partial charge in [0.15, 0.2) is 0 Å². The number of amides is 1. The van der Waals surface area contributed by atoms with Crippen molar-refractivity contribution >= 4 is 11.9 Å². The smallest absolute Gasteiger partial charge is 0.408 e. The molecule has 0 bridgehead atoms. The summed E-state index contributed by atoms with van der Waals surface area (Å²) < 4.78 is 29.1. The predicted molar refractivity (Wildman–Crippen MR) is 55.8 cm³/mol. The lowest BCUT2D eigenvalue weighted by molar-refractivity contribution is -0.134. The van der Waals surface area contributed by atoms with Crippen molar-refractivity contribution in [2.75, 3.05) is 0 Å². The molecule has 7 heteroatoms. The Bertz CT molecular complexity index is 287. The summed E-state index contributed by atoms with van der Waals surface area (Å²) in [4.78, 5) is 22.3. The highest BCUT2D eigenvalue weighted by Crippen LogP contribution is 2.09. The summed E-state index contributed by atoms with van der Waals surface area (Å²) in [6.45, 7) is 5.87. The van der Waals surface area contributed by atoms with Gasteiger partial charge in [0.05, 0.1) is 6.10 Å². The molecule has 0 aromatic rings. The number of carbonyl (C=O) groups excluding carboxylic acids is 2. The minimum absolute atomic E-state index is 0.818. The van der Waals surface area contributed by atoms with Gasteiger partial charge in [-0.3, -0.25) is 4.79 Å². The summed E-state index contributed by atoms with van der Waals surface area (Å²) in [5, 5.41) is 11.1. The average molecular weight is 253 g/mol. The number of alkyl halides is 2. The number of nitrogens with one attached hydrogen (secondary N) is 1. The molecule has 2 N–H and O–H groups in total. The highest BCUT2D eigenvalue weighted by Gasteiger charge is 2.32. The summed E-state index contributed by atoms with van der Waals surface area (Å²) in [6.07, 6.45) is -5.72. The van der Waals surface area contributed by atoms with E-state index in [-0.39, 0.29) is 0 Å². The monoisotopic (exact) mass is 253 g/mol. The zero-order chi connectivity index (χ0) is 13.8. The van der Waals surface area contributed by atoms with E-state index in [4.69, 9.17) is 9.84 Å². The summed E-state index contributed by atoms with van der Waals surface area (Å²) >= 11 is 0. The minimum Gasteiger partial charge on any atom is -0.444 e. The molecule has 0 fully saturated rings. The van der Waals surface area contributed by atoms with E-state index in [9.17, 15) is 18.4 Å². The Morgan fingerprint density at radius 3 is 2.06 bits per heavy atom. The van der Waals surface area contributed by atoms with E-state index in [0.717, 1.165) is 6.92 Å². The second-order valence-electron chi connectivity index (χ2n) is 4.57. The van der Waals surface area contributed by atoms with Gasteiger partial charge in [-0.2, -0.15) is 0 Å². The number of ether oxygens (including phenoxy) is 1. The first-order valence-corrected chi connectivity index (χ1v) is 5.04. The van der Waals surface area contributed by atoms with E-state index in [1.54, 1.807) is 20.8 Å². The van der Waals surface area contributed by atoms with Crippen molar-refractivity contribution in [2.45, 2.75) is 51.9 Å². The van der Waals surface area contributed by atoms with Crippen molar-refractivity contribution in [1.29, 1.82) is 0 Å². The Morgan fingerprint density at radius 2 is 1.76 bits per heavy atom. The molecule has 2 atom stereocenters. The van der Waals surface area contributed by atoms with Gasteiger partial charge in [-0.1, -0.05) is 0 Å².